The van der Waals surface area contributed by atoms with Crippen LogP contribution in [0.15, 0.2) is 109 Å². The third kappa shape index (κ3) is 4.16. The Bertz CT molecular complexity index is 1220. The van der Waals surface area contributed by atoms with Gasteiger partial charge in [-0.25, -0.2) is 0 Å². The fourth-order valence-corrected chi connectivity index (χ4v) is 3.93. The standard InChI is InChI=1S/C28H21N2.Ir/c1-21-19-25(22-11-5-2-6-12-22)27(26(20-21)23-13-7-3-8-14-23)30-18-17-29-28(30)24-15-9-4-10-16-24;/h2-15,17-20H,1H3;/q-1;. The zero-order valence-corrected chi connectivity index (χ0v) is 19.5. The van der Waals surface area contributed by atoms with E-state index in [0.29, 0.717) is 0 Å². The summed E-state index contributed by atoms with van der Waals surface area (Å²) in [5, 5.41) is 0. The van der Waals surface area contributed by atoms with Gasteiger partial charge in [-0.15, -0.1) is 35.9 Å². The average molecular weight is 578 g/mol. The predicted molar refractivity (Wildman–Crippen MR) is 123 cm³/mol. The zero-order valence-electron chi connectivity index (χ0n) is 17.1. The molecular weight excluding hydrogens is 557 g/mol. The van der Waals surface area contributed by atoms with Crippen molar-refractivity contribution in [1.82, 2.24) is 9.55 Å². The Hall–Kier alpha value is -3.26. The molecule has 5 aromatic rings. The molecule has 1 aromatic heterocycles. The van der Waals surface area contributed by atoms with Crippen LogP contribution in [0.5, 0.6) is 0 Å². The van der Waals surface area contributed by atoms with E-state index in [1.165, 1.54) is 27.8 Å². The molecule has 0 saturated carbocycles. The molecule has 5 rings (SSSR count). The molecule has 0 unspecified atom stereocenters. The van der Waals surface area contributed by atoms with E-state index in [2.05, 4.69) is 101 Å². The summed E-state index contributed by atoms with van der Waals surface area (Å²) in [7, 11) is 0. The van der Waals surface area contributed by atoms with E-state index < -0.39 is 0 Å². The molecule has 0 aliphatic rings. The molecule has 4 aromatic carbocycles. The van der Waals surface area contributed by atoms with Crippen LogP contribution in [-0.4, -0.2) is 9.55 Å². The van der Waals surface area contributed by atoms with Gasteiger partial charge in [-0.2, -0.15) is 0 Å². The van der Waals surface area contributed by atoms with Gasteiger partial charge in [0.25, 0.3) is 0 Å². The second-order valence-electron chi connectivity index (χ2n) is 7.34. The average Bonchev–Trinajstić information content (AvgIpc) is 3.30. The van der Waals surface area contributed by atoms with Crippen molar-refractivity contribution >= 4 is 0 Å². The van der Waals surface area contributed by atoms with E-state index in [1.807, 2.05) is 30.6 Å². The van der Waals surface area contributed by atoms with Crippen molar-refractivity contribution in [3.8, 4) is 39.3 Å². The molecule has 3 heteroatoms. The molecule has 0 fully saturated rings. The summed E-state index contributed by atoms with van der Waals surface area (Å²) >= 11 is 0. The zero-order chi connectivity index (χ0) is 20.3. The molecule has 31 heavy (non-hydrogen) atoms. The summed E-state index contributed by atoms with van der Waals surface area (Å²) in [6, 6.07) is 36.9. The maximum Gasteiger partial charge on any atom is 0.0603 e. The first kappa shape index (κ1) is 21.0. The SMILES string of the molecule is Cc1cc(-c2ccccc2)c(-n2ccnc2-c2[c-]cccc2)c(-c2ccccc2)c1.[Ir]. The van der Waals surface area contributed by atoms with Crippen LogP contribution in [0.1, 0.15) is 5.56 Å². The van der Waals surface area contributed by atoms with Crippen molar-refractivity contribution in [3.05, 3.63) is 121 Å². The topological polar surface area (TPSA) is 17.8 Å². The van der Waals surface area contributed by atoms with E-state index in [-0.39, 0.29) is 20.1 Å². The molecule has 153 valence electrons. The Kier molecular flexibility index (Phi) is 6.27. The number of hydrogen-bond acceptors (Lipinski definition) is 1. The van der Waals surface area contributed by atoms with Crippen molar-refractivity contribution < 1.29 is 20.1 Å². The smallest absolute Gasteiger partial charge is 0.0603 e. The van der Waals surface area contributed by atoms with Gasteiger partial charge in [0.1, 0.15) is 0 Å². The van der Waals surface area contributed by atoms with Gasteiger partial charge in [0.15, 0.2) is 0 Å². The molecule has 0 aliphatic carbocycles. The van der Waals surface area contributed by atoms with Crippen molar-refractivity contribution in [1.29, 1.82) is 0 Å². The first-order valence-electron chi connectivity index (χ1n) is 10.1. The molecule has 0 amide bonds. The molecule has 0 saturated heterocycles. The maximum atomic E-state index is 4.69. The Balaban J connectivity index is 0.00000231. The van der Waals surface area contributed by atoms with Crippen molar-refractivity contribution in [2.75, 3.05) is 0 Å². The van der Waals surface area contributed by atoms with Crippen LogP contribution < -0.4 is 0 Å². The Labute approximate surface area is 196 Å². The molecule has 0 spiro atoms. The second-order valence-corrected chi connectivity index (χ2v) is 7.34. The summed E-state index contributed by atoms with van der Waals surface area (Å²) in [6.45, 7) is 2.16. The summed E-state index contributed by atoms with van der Waals surface area (Å²) in [4.78, 5) is 4.69. The number of hydrogen-bond donors (Lipinski definition) is 0. The van der Waals surface area contributed by atoms with Gasteiger partial charge >= 0.3 is 0 Å². The Morgan fingerprint density at radius 1 is 0.742 bits per heavy atom. The van der Waals surface area contributed by atoms with Crippen LogP contribution >= 0.6 is 0 Å². The number of rotatable bonds is 4. The van der Waals surface area contributed by atoms with Crippen LogP contribution in [-0.2, 0) is 20.1 Å². The van der Waals surface area contributed by atoms with E-state index >= 15 is 0 Å². The fraction of sp³-hybridized carbons (Fsp3) is 0.0357. The van der Waals surface area contributed by atoms with Crippen LogP contribution in [0.3, 0.4) is 0 Å². The first-order chi connectivity index (χ1) is 14.8. The largest absolute Gasteiger partial charge is 0.339 e. The molecule has 0 N–H and O–H groups in total. The van der Waals surface area contributed by atoms with E-state index in [1.54, 1.807) is 0 Å². The molecule has 0 aliphatic heterocycles. The fourth-order valence-electron chi connectivity index (χ4n) is 3.93. The Morgan fingerprint density at radius 2 is 1.32 bits per heavy atom. The van der Waals surface area contributed by atoms with Crippen molar-refractivity contribution in [3.63, 3.8) is 0 Å². The van der Waals surface area contributed by atoms with Gasteiger partial charge in [0, 0.05) is 43.6 Å². The van der Waals surface area contributed by atoms with Crippen LogP contribution in [0, 0.1) is 13.0 Å². The number of aromatic nitrogens is 2. The maximum absolute atomic E-state index is 4.69. The first-order valence-corrected chi connectivity index (χ1v) is 10.1. The number of imidazole rings is 1. The summed E-state index contributed by atoms with van der Waals surface area (Å²) in [5.74, 6) is 0.883. The van der Waals surface area contributed by atoms with Crippen molar-refractivity contribution in [2.45, 2.75) is 6.92 Å². The molecular formula is C28H21IrN2-. The quantitative estimate of drug-likeness (QED) is 0.211. The van der Waals surface area contributed by atoms with Gasteiger partial charge in [0.05, 0.1) is 11.5 Å². The Morgan fingerprint density at radius 3 is 1.87 bits per heavy atom. The molecule has 1 heterocycles. The van der Waals surface area contributed by atoms with Crippen LogP contribution in [0.25, 0.3) is 39.3 Å². The summed E-state index contributed by atoms with van der Waals surface area (Å²) in [5.41, 5.74) is 8.07. The van der Waals surface area contributed by atoms with E-state index in [9.17, 15) is 0 Å². The third-order valence-corrected chi connectivity index (χ3v) is 5.26. The predicted octanol–water partition coefficient (Wildman–Crippen LogP) is 6.98. The second kappa shape index (κ2) is 9.26. The monoisotopic (exact) mass is 578 g/mol. The van der Waals surface area contributed by atoms with Gasteiger partial charge in [-0.3, -0.25) is 4.98 Å². The van der Waals surface area contributed by atoms with Gasteiger partial charge in [-0.05, 0) is 35.7 Å². The number of nitrogens with zero attached hydrogens (tertiary/aromatic N) is 2. The van der Waals surface area contributed by atoms with E-state index in [0.717, 1.165) is 17.1 Å². The minimum Gasteiger partial charge on any atom is -0.339 e. The van der Waals surface area contributed by atoms with Gasteiger partial charge in [0.2, 0.25) is 0 Å². The van der Waals surface area contributed by atoms with Crippen LogP contribution in [0.4, 0.5) is 0 Å². The number of benzene rings is 4. The molecule has 1 radical (unpaired) electrons. The molecule has 0 bridgehead atoms. The summed E-state index contributed by atoms with van der Waals surface area (Å²) < 4.78 is 2.19. The third-order valence-electron chi connectivity index (χ3n) is 5.26. The minimum atomic E-state index is 0. The molecule has 0 atom stereocenters. The minimum absolute atomic E-state index is 0. The molecule has 2 nitrogen and oxygen atoms in total. The van der Waals surface area contributed by atoms with Gasteiger partial charge in [-0.1, -0.05) is 60.7 Å². The van der Waals surface area contributed by atoms with Crippen molar-refractivity contribution in [2.24, 2.45) is 0 Å². The van der Waals surface area contributed by atoms with Gasteiger partial charge < -0.3 is 4.57 Å². The number of aryl methyl sites for hydroxylation is 1. The van der Waals surface area contributed by atoms with E-state index in [4.69, 9.17) is 0 Å². The van der Waals surface area contributed by atoms with Crippen LogP contribution in [0.2, 0.25) is 0 Å². The summed E-state index contributed by atoms with van der Waals surface area (Å²) in [6.07, 6.45) is 3.90. The normalized spacial score (nSPS) is 10.5.